The van der Waals surface area contributed by atoms with Gasteiger partial charge in [-0.1, -0.05) is 6.92 Å². The van der Waals surface area contributed by atoms with Crippen molar-refractivity contribution < 1.29 is 9.53 Å². The quantitative estimate of drug-likeness (QED) is 0.897. The summed E-state index contributed by atoms with van der Waals surface area (Å²) in [5.41, 5.74) is 2.15. The van der Waals surface area contributed by atoms with Gasteiger partial charge in [0.25, 0.3) is 0 Å². The van der Waals surface area contributed by atoms with Gasteiger partial charge in [0, 0.05) is 20.2 Å². The summed E-state index contributed by atoms with van der Waals surface area (Å²) in [5.74, 6) is 1.13. The Bertz CT molecular complexity index is 658. The first-order chi connectivity index (χ1) is 9.96. The molecule has 0 bridgehead atoms. The van der Waals surface area contributed by atoms with Gasteiger partial charge in [-0.2, -0.15) is 10.2 Å². The van der Waals surface area contributed by atoms with Crippen LogP contribution in [-0.2, 0) is 20.5 Å². The van der Waals surface area contributed by atoms with Crippen LogP contribution < -0.4 is 15.4 Å². The molecule has 2 amide bonds. The minimum absolute atomic E-state index is 0.366. The number of ether oxygens (including phenoxy) is 1. The normalized spacial score (nSPS) is 10.5. The number of aryl methyl sites for hydroxylation is 4. The van der Waals surface area contributed by atoms with Gasteiger partial charge in [0.15, 0.2) is 0 Å². The molecule has 8 heteroatoms. The van der Waals surface area contributed by atoms with Crippen molar-refractivity contribution >= 4 is 17.5 Å². The van der Waals surface area contributed by atoms with E-state index < -0.39 is 0 Å². The molecule has 2 aromatic rings. The van der Waals surface area contributed by atoms with Gasteiger partial charge in [0.2, 0.25) is 5.88 Å². The van der Waals surface area contributed by atoms with Gasteiger partial charge in [-0.15, -0.1) is 0 Å². The topological polar surface area (TPSA) is 86.0 Å². The molecule has 0 unspecified atom stereocenters. The Hall–Kier alpha value is -2.51. The number of carbonyl (C=O) groups excluding carboxylic acids is 1. The standard InChI is InChI=1S/C13H20N6O2/c1-6-9-7-10(18(3)17-9)14-13(20)15-11-8(2)16-19(4)12(11)21-5/h7H,6H2,1-5H3,(H2,14,15,20). The van der Waals surface area contributed by atoms with E-state index in [4.69, 9.17) is 4.74 Å². The third-order valence-electron chi connectivity index (χ3n) is 3.14. The Morgan fingerprint density at radius 2 is 2.00 bits per heavy atom. The molecule has 8 nitrogen and oxygen atoms in total. The van der Waals surface area contributed by atoms with E-state index in [0.29, 0.717) is 23.1 Å². The van der Waals surface area contributed by atoms with E-state index in [0.717, 1.165) is 12.1 Å². The molecule has 0 aliphatic rings. The number of aromatic nitrogens is 4. The molecule has 2 N–H and O–H groups in total. The van der Waals surface area contributed by atoms with Crippen LogP contribution in [0.2, 0.25) is 0 Å². The lowest BCUT2D eigenvalue weighted by Crippen LogP contribution is -2.21. The Balaban J connectivity index is 2.13. The minimum Gasteiger partial charge on any atom is -0.480 e. The molecule has 0 radical (unpaired) electrons. The number of nitrogens with one attached hydrogen (secondary N) is 2. The molecule has 2 rings (SSSR count). The highest BCUT2D eigenvalue weighted by atomic mass is 16.5. The second-order valence-electron chi connectivity index (χ2n) is 4.67. The van der Waals surface area contributed by atoms with Crippen LogP contribution in [-0.4, -0.2) is 32.7 Å². The van der Waals surface area contributed by atoms with Crippen molar-refractivity contribution in [2.45, 2.75) is 20.3 Å². The van der Waals surface area contributed by atoms with Crippen molar-refractivity contribution in [1.82, 2.24) is 19.6 Å². The number of anilines is 2. The van der Waals surface area contributed by atoms with E-state index in [9.17, 15) is 4.79 Å². The summed E-state index contributed by atoms with van der Waals surface area (Å²) < 4.78 is 8.44. The Kier molecular flexibility index (Phi) is 4.15. The van der Waals surface area contributed by atoms with Crippen LogP contribution in [0.1, 0.15) is 18.3 Å². The van der Waals surface area contributed by atoms with Crippen molar-refractivity contribution in [2.75, 3.05) is 17.7 Å². The number of urea groups is 1. The van der Waals surface area contributed by atoms with Crippen molar-refractivity contribution in [3.8, 4) is 5.88 Å². The molecule has 0 aliphatic carbocycles. The van der Waals surface area contributed by atoms with Crippen LogP contribution in [0.25, 0.3) is 0 Å². The lowest BCUT2D eigenvalue weighted by molar-refractivity contribution is 0.261. The summed E-state index contributed by atoms with van der Waals surface area (Å²) in [4.78, 5) is 12.1. The maximum absolute atomic E-state index is 12.1. The predicted molar refractivity (Wildman–Crippen MR) is 79.7 cm³/mol. The van der Waals surface area contributed by atoms with Crippen molar-refractivity contribution in [1.29, 1.82) is 0 Å². The van der Waals surface area contributed by atoms with Gasteiger partial charge < -0.3 is 10.1 Å². The highest BCUT2D eigenvalue weighted by molar-refractivity contribution is 6.00. The second kappa shape index (κ2) is 5.86. The van der Waals surface area contributed by atoms with E-state index in [1.165, 1.54) is 7.11 Å². The molecule has 0 atom stereocenters. The summed E-state index contributed by atoms with van der Waals surface area (Å²) in [5, 5.41) is 14.0. The molecule has 2 aromatic heterocycles. The van der Waals surface area contributed by atoms with Crippen LogP contribution in [0.5, 0.6) is 5.88 Å². The molecular weight excluding hydrogens is 272 g/mol. The molecule has 0 saturated carbocycles. The fourth-order valence-electron chi connectivity index (χ4n) is 2.09. The average molecular weight is 292 g/mol. The van der Waals surface area contributed by atoms with E-state index in [1.54, 1.807) is 30.4 Å². The van der Waals surface area contributed by atoms with Gasteiger partial charge >= 0.3 is 6.03 Å². The molecule has 0 aromatic carbocycles. The van der Waals surface area contributed by atoms with Crippen LogP contribution in [0.15, 0.2) is 6.07 Å². The summed E-state index contributed by atoms with van der Waals surface area (Å²) in [6.07, 6.45) is 0.812. The smallest absolute Gasteiger partial charge is 0.325 e. The highest BCUT2D eigenvalue weighted by Gasteiger charge is 2.17. The third-order valence-corrected chi connectivity index (χ3v) is 3.14. The molecule has 2 heterocycles. The summed E-state index contributed by atoms with van der Waals surface area (Å²) in [7, 11) is 5.07. The van der Waals surface area contributed by atoms with Crippen LogP contribution >= 0.6 is 0 Å². The lowest BCUT2D eigenvalue weighted by Gasteiger charge is -2.08. The average Bonchev–Trinajstić information content (AvgIpc) is 2.91. The maximum atomic E-state index is 12.1. The molecule has 0 aliphatic heterocycles. The van der Waals surface area contributed by atoms with Crippen molar-refractivity contribution in [2.24, 2.45) is 14.1 Å². The number of carbonyl (C=O) groups is 1. The Morgan fingerprint density at radius 1 is 1.29 bits per heavy atom. The monoisotopic (exact) mass is 292 g/mol. The zero-order chi connectivity index (χ0) is 15.6. The first-order valence-corrected chi connectivity index (χ1v) is 6.64. The zero-order valence-corrected chi connectivity index (χ0v) is 12.9. The SMILES string of the molecule is CCc1cc(NC(=O)Nc2c(C)nn(C)c2OC)n(C)n1. The van der Waals surface area contributed by atoms with Gasteiger partial charge in [-0.3, -0.25) is 10.00 Å². The number of nitrogens with zero attached hydrogens (tertiary/aromatic N) is 4. The van der Waals surface area contributed by atoms with E-state index in [2.05, 4.69) is 20.8 Å². The van der Waals surface area contributed by atoms with Gasteiger partial charge in [-0.25, -0.2) is 9.48 Å². The predicted octanol–water partition coefficient (Wildman–Crippen LogP) is 1.68. The summed E-state index contributed by atoms with van der Waals surface area (Å²) in [6, 6.07) is 1.47. The number of methoxy groups -OCH3 is 1. The lowest BCUT2D eigenvalue weighted by atomic mass is 10.3. The van der Waals surface area contributed by atoms with E-state index in [1.807, 2.05) is 13.0 Å². The largest absolute Gasteiger partial charge is 0.480 e. The summed E-state index contributed by atoms with van der Waals surface area (Å²) in [6.45, 7) is 3.81. The molecule has 21 heavy (non-hydrogen) atoms. The molecule has 114 valence electrons. The molecule has 0 fully saturated rings. The van der Waals surface area contributed by atoms with E-state index in [-0.39, 0.29) is 6.03 Å². The van der Waals surface area contributed by atoms with Crippen LogP contribution in [0, 0.1) is 6.92 Å². The van der Waals surface area contributed by atoms with Crippen molar-refractivity contribution in [3.05, 3.63) is 17.5 Å². The van der Waals surface area contributed by atoms with Crippen LogP contribution in [0.3, 0.4) is 0 Å². The van der Waals surface area contributed by atoms with Crippen LogP contribution in [0.4, 0.5) is 16.3 Å². The minimum atomic E-state index is -0.366. The van der Waals surface area contributed by atoms with Crippen molar-refractivity contribution in [3.63, 3.8) is 0 Å². The fourth-order valence-corrected chi connectivity index (χ4v) is 2.09. The third kappa shape index (κ3) is 2.99. The zero-order valence-electron chi connectivity index (χ0n) is 12.9. The first kappa shape index (κ1) is 14.9. The molecular formula is C13H20N6O2. The van der Waals surface area contributed by atoms with Gasteiger partial charge in [0.1, 0.15) is 11.5 Å². The Morgan fingerprint density at radius 3 is 2.57 bits per heavy atom. The molecule has 0 saturated heterocycles. The number of rotatable bonds is 4. The maximum Gasteiger partial charge on any atom is 0.325 e. The second-order valence-corrected chi connectivity index (χ2v) is 4.67. The first-order valence-electron chi connectivity index (χ1n) is 6.64. The number of hydrogen-bond acceptors (Lipinski definition) is 4. The fraction of sp³-hybridized carbons (Fsp3) is 0.462. The summed E-state index contributed by atoms with van der Waals surface area (Å²) >= 11 is 0. The van der Waals surface area contributed by atoms with Gasteiger partial charge in [-0.05, 0) is 13.3 Å². The number of hydrogen-bond donors (Lipinski definition) is 2. The van der Waals surface area contributed by atoms with E-state index >= 15 is 0 Å². The Labute approximate surface area is 123 Å². The van der Waals surface area contributed by atoms with Gasteiger partial charge in [0.05, 0.1) is 18.5 Å². The highest BCUT2D eigenvalue weighted by Crippen LogP contribution is 2.27. The number of amides is 2. The molecule has 0 spiro atoms.